The molecule has 15 heteroatoms. The van der Waals surface area contributed by atoms with Gasteiger partial charge in [-0.3, -0.25) is 19.8 Å². The number of aromatic nitrogens is 1. The molecule has 244 valence electrons. The van der Waals surface area contributed by atoms with Crippen molar-refractivity contribution < 1.29 is 32.6 Å². The number of nitrogens with one attached hydrogen (secondary N) is 1. The van der Waals surface area contributed by atoms with Crippen LogP contribution >= 0.6 is 24.0 Å². The van der Waals surface area contributed by atoms with Gasteiger partial charge in [-0.25, -0.2) is 8.78 Å². The average molecular weight is 674 g/mol. The van der Waals surface area contributed by atoms with E-state index in [4.69, 9.17) is 26.4 Å². The predicted octanol–water partition coefficient (Wildman–Crippen LogP) is 4.01. The van der Waals surface area contributed by atoms with Gasteiger partial charge in [-0.1, -0.05) is 11.8 Å². The predicted molar refractivity (Wildman–Crippen MR) is 177 cm³/mol. The van der Waals surface area contributed by atoms with E-state index in [2.05, 4.69) is 10.3 Å². The molecule has 2 aliphatic heterocycles. The van der Waals surface area contributed by atoms with E-state index in [0.717, 1.165) is 22.8 Å². The Morgan fingerprint density at radius 2 is 1.78 bits per heavy atom. The highest BCUT2D eigenvalue weighted by molar-refractivity contribution is 8.26. The van der Waals surface area contributed by atoms with Crippen LogP contribution in [0.15, 0.2) is 34.1 Å². The summed E-state index contributed by atoms with van der Waals surface area (Å²) < 4.78 is 49.0. The van der Waals surface area contributed by atoms with Crippen molar-refractivity contribution in [3.05, 3.63) is 62.3 Å². The minimum Gasteiger partial charge on any atom is -0.493 e. The smallest absolute Gasteiger partial charge is 0.285 e. The van der Waals surface area contributed by atoms with Crippen LogP contribution < -0.4 is 30.0 Å². The largest absolute Gasteiger partial charge is 0.493 e. The number of hydrogen-bond acceptors (Lipinski definition) is 10. The lowest BCUT2D eigenvalue weighted by Crippen LogP contribution is -2.50. The van der Waals surface area contributed by atoms with Gasteiger partial charge in [0.25, 0.3) is 11.8 Å². The molecule has 3 aromatic rings. The Morgan fingerprint density at radius 1 is 1.11 bits per heavy atom. The minimum absolute atomic E-state index is 0.0109. The van der Waals surface area contributed by atoms with E-state index in [-0.39, 0.29) is 38.4 Å². The summed E-state index contributed by atoms with van der Waals surface area (Å²) >= 11 is 6.29. The number of anilines is 1. The third-order valence-corrected chi connectivity index (χ3v) is 9.38. The zero-order valence-electron chi connectivity index (χ0n) is 26.1. The molecule has 46 heavy (non-hydrogen) atoms. The third kappa shape index (κ3) is 5.89. The fourth-order valence-corrected chi connectivity index (χ4v) is 6.67. The highest BCUT2D eigenvalue weighted by Crippen LogP contribution is 2.40. The van der Waals surface area contributed by atoms with E-state index in [9.17, 15) is 14.4 Å². The number of amides is 2. The summed E-state index contributed by atoms with van der Waals surface area (Å²) in [7, 11) is 6.35. The number of methoxy groups -OCH3 is 3. The molecule has 2 saturated heterocycles. The number of piperazine rings is 1. The van der Waals surface area contributed by atoms with Crippen LogP contribution in [0.2, 0.25) is 0 Å². The lowest BCUT2D eigenvalue weighted by molar-refractivity contribution is -0.123. The van der Waals surface area contributed by atoms with Crippen molar-refractivity contribution in [3.8, 4) is 17.2 Å². The van der Waals surface area contributed by atoms with Crippen LogP contribution in [0.3, 0.4) is 0 Å². The number of pyridine rings is 1. The first-order valence-corrected chi connectivity index (χ1v) is 15.6. The molecule has 1 unspecified atom stereocenters. The van der Waals surface area contributed by atoms with Gasteiger partial charge in [-0.15, -0.1) is 0 Å². The number of fused-ring (bicyclic) bond motifs is 1. The number of thiocarbonyl (C=S) groups is 1. The summed E-state index contributed by atoms with van der Waals surface area (Å²) in [6, 6.07) is 4.32. The number of nitrogens with zero attached hydrogens (tertiary/aromatic N) is 4. The Hall–Kier alpha value is -4.21. The molecule has 2 aliphatic rings. The molecule has 0 saturated carbocycles. The van der Waals surface area contributed by atoms with Gasteiger partial charge < -0.3 is 28.6 Å². The van der Waals surface area contributed by atoms with Gasteiger partial charge >= 0.3 is 0 Å². The number of likely N-dealkylation sites (N-methyl/N-ethyl adjacent to an activating group) is 1. The van der Waals surface area contributed by atoms with Crippen LogP contribution in [-0.4, -0.2) is 84.7 Å². The summed E-state index contributed by atoms with van der Waals surface area (Å²) in [5.74, 6) is -2.24. The lowest BCUT2D eigenvalue weighted by atomic mass is 10.1. The number of ether oxygens (including phenoxy) is 3. The maximum atomic E-state index is 16.0. The van der Waals surface area contributed by atoms with Crippen LogP contribution in [0, 0.1) is 11.6 Å². The minimum atomic E-state index is -0.961. The monoisotopic (exact) mass is 673 g/mol. The van der Waals surface area contributed by atoms with Crippen LogP contribution in [-0.2, 0) is 11.3 Å². The molecule has 1 N–H and O–H groups in total. The quantitative estimate of drug-likeness (QED) is 0.279. The van der Waals surface area contributed by atoms with Gasteiger partial charge in [0.05, 0.1) is 37.1 Å². The first-order chi connectivity index (χ1) is 21.9. The SMILES string of the molecule is CCn1cc(C(=O)NN2C(=O)/C(=C/c3cc(OC)c(OC)c(OC)c3)SC2=S)c(=O)c2cc(F)c(N3CCN(C)C(C)C3)c(F)c21. The highest BCUT2D eigenvalue weighted by atomic mass is 32.2. The molecule has 1 aromatic heterocycles. The Labute approximate surface area is 273 Å². The Balaban J connectivity index is 1.46. The number of rotatable bonds is 8. The molecule has 2 amide bonds. The van der Waals surface area contributed by atoms with Crippen LogP contribution in [0.4, 0.5) is 14.5 Å². The van der Waals surface area contributed by atoms with Gasteiger partial charge in [0, 0.05) is 38.4 Å². The highest BCUT2D eigenvalue weighted by Gasteiger charge is 2.35. The topological polar surface area (TPSA) is 106 Å². The number of benzene rings is 2. The summed E-state index contributed by atoms with van der Waals surface area (Å²) in [4.78, 5) is 44.2. The number of hydrogen-bond donors (Lipinski definition) is 1. The summed E-state index contributed by atoms with van der Waals surface area (Å²) in [6.07, 6.45) is 2.75. The molecule has 2 aromatic carbocycles. The number of hydrazine groups is 1. The van der Waals surface area contributed by atoms with Crippen molar-refractivity contribution >= 4 is 62.8 Å². The standard InChI is InChI=1S/C31H33F2N5O6S2/c1-7-36-15-19(27(39)18-13-20(32)26(24(33)25(18)36)37-9-8-35(3)16(2)14-37)29(40)34-38-30(41)23(46-31(38)45)12-17-10-21(42-4)28(44-6)22(11-17)43-5/h10-13,15-16H,7-9,14H2,1-6H3,(H,34,40)/b23-12-. The lowest BCUT2D eigenvalue weighted by Gasteiger charge is -2.39. The average Bonchev–Trinajstić information content (AvgIpc) is 3.29. The number of carbonyl (C=O) groups is 2. The van der Waals surface area contributed by atoms with Gasteiger partial charge in [0.2, 0.25) is 11.2 Å². The number of carbonyl (C=O) groups excluding carboxylic acids is 2. The molecule has 5 rings (SSSR count). The summed E-state index contributed by atoms with van der Waals surface area (Å²) in [5, 5.41) is 0.563. The molecule has 0 bridgehead atoms. The van der Waals surface area contributed by atoms with Crippen molar-refractivity contribution in [2.45, 2.75) is 26.4 Å². The molecular formula is C31H33F2N5O6S2. The third-order valence-electron chi connectivity index (χ3n) is 8.08. The van der Waals surface area contributed by atoms with Crippen molar-refractivity contribution in [1.29, 1.82) is 0 Å². The second-order valence-corrected chi connectivity index (χ2v) is 12.4. The number of aryl methyl sites for hydroxylation is 1. The van der Waals surface area contributed by atoms with Gasteiger partial charge in [0.15, 0.2) is 21.6 Å². The second kappa shape index (κ2) is 13.3. The zero-order chi connectivity index (χ0) is 33.4. The zero-order valence-corrected chi connectivity index (χ0v) is 27.7. The summed E-state index contributed by atoms with van der Waals surface area (Å²) in [5.41, 5.74) is 1.33. The normalized spacial score (nSPS) is 18.1. The molecule has 2 fully saturated rings. The second-order valence-electron chi connectivity index (χ2n) is 10.8. The van der Waals surface area contributed by atoms with E-state index in [1.807, 2.05) is 14.0 Å². The Bertz CT molecular complexity index is 1820. The van der Waals surface area contributed by atoms with E-state index in [0.29, 0.717) is 42.4 Å². The number of halogens is 2. The van der Waals surface area contributed by atoms with Crippen molar-refractivity contribution in [1.82, 2.24) is 19.9 Å². The molecule has 0 spiro atoms. The van der Waals surface area contributed by atoms with Crippen LogP contribution in [0.5, 0.6) is 17.2 Å². The number of thioether (sulfide) groups is 1. The van der Waals surface area contributed by atoms with Crippen molar-refractivity contribution in [2.24, 2.45) is 0 Å². The molecular weight excluding hydrogens is 640 g/mol. The van der Waals surface area contributed by atoms with Crippen molar-refractivity contribution in [2.75, 3.05) is 52.9 Å². The van der Waals surface area contributed by atoms with E-state index >= 15 is 8.78 Å². The fourth-order valence-electron chi connectivity index (χ4n) is 5.49. The fraction of sp³-hybridized carbons (Fsp3) is 0.355. The first kappa shape index (κ1) is 33.2. The Morgan fingerprint density at radius 3 is 2.37 bits per heavy atom. The first-order valence-electron chi connectivity index (χ1n) is 14.3. The van der Waals surface area contributed by atoms with E-state index in [1.54, 1.807) is 30.0 Å². The Kier molecular flexibility index (Phi) is 9.56. The van der Waals surface area contributed by atoms with Gasteiger partial charge in [0.1, 0.15) is 17.1 Å². The maximum Gasteiger partial charge on any atom is 0.285 e. The molecule has 3 heterocycles. The van der Waals surface area contributed by atoms with E-state index in [1.165, 1.54) is 32.1 Å². The van der Waals surface area contributed by atoms with Gasteiger partial charge in [-0.2, -0.15) is 5.01 Å². The summed E-state index contributed by atoms with van der Waals surface area (Å²) in [6.45, 7) is 5.29. The molecule has 0 aliphatic carbocycles. The molecule has 11 nitrogen and oxygen atoms in total. The molecule has 1 atom stereocenters. The molecule has 0 radical (unpaired) electrons. The van der Waals surface area contributed by atoms with Crippen LogP contribution in [0.1, 0.15) is 29.8 Å². The van der Waals surface area contributed by atoms with Crippen LogP contribution in [0.25, 0.3) is 17.0 Å². The van der Waals surface area contributed by atoms with Gasteiger partial charge in [-0.05, 0) is 63.0 Å². The van der Waals surface area contributed by atoms with Crippen molar-refractivity contribution in [3.63, 3.8) is 0 Å². The van der Waals surface area contributed by atoms with E-state index < -0.39 is 34.4 Å². The maximum absolute atomic E-state index is 16.0.